The monoisotopic (exact) mass is 433 g/mol. The summed E-state index contributed by atoms with van der Waals surface area (Å²) >= 11 is 0. The fraction of sp³-hybridized carbons (Fsp3) is 0.360. The van der Waals surface area contributed by atoms with E-state index in [0.717, 1.165) is 42.4 Å². The number of aliphatic imine (C=N–C) groups is 1. The lowest BCUT2D eigenvalue weighted by Crippen LogP contribution is -2.36. The van der Waals surface area contributed by atoms with E-state index >= 15 is 0 Å². The van der Waals surface area contributed by atoms with E-state index in [1.807, 2.05) is 29.1 Å². The van der Waals surface area contributed by atoms with Crippen molar-refractivity contribution < 1.29 is 9.47 Å². The quantitative estimate of drug-likeness (QED) is 0.421. The zero-order valence-corrected chi connectivity index (χ0v) is 18.8. The van der Waals surface area contributed by atoms with Crippen molar-refractivity contribution in [1.82, 2.24) is 20.4 Å². The number of ether oxygens (including phenoxy) is 2. The van der Waals surface area contributed by atoms with Gasteiger partial charge in [0, 0.05) is 43.9 Å². The average molecular weight is 434 g/mol. The number of hydrogen-bond donors (Lipinski definition) is 2. The minimum absolute atomic E-state index is 0.125. The summed E-state index contributed by atoms with van der Waals surface area (Å²) in [5.41, 5.74) is 4.61. The predicted octanol–water partition coefficient (Wildman–Crippen LogP) is 3.27. The van der Waals surface area contributed by atoms with Crippen LogP contribution in [0.1, 0.15) is 28.7 Å². The Kier molecular flexibility index (Phi) is 7.40. The molecule has 0 radical (unpaired) electrons. The highest BCUT2D eigenvalue weighted by Crippen LogP contribution is 2.23. The first-order valence-electron chi connectivity index (χ1n) is 11.0. The van der Waals surface area contributed by atoms with Gasteiger partial charge in [-0.05, 0) is 24.1 Å². The van der Waals surface area contributed by atoms with E-state index in [1.54, 1.807) is 7.05 Å². The third-order valence-corrected chi connectivity index (χ3v) is 5.41. The van der Waals surface area contributed by atoms with Crippen LogP contribution >= 0.6 is 0 Å². The largest absolute Gasteiger partial charge is 0.488 e. The Labute approximate surface area is 189 Å². The van der Waals surface area contributed by atoms with Gasteiger partial charge < -0.3 is 20.1 Å². The van der Waals surface area contributed by atoms with Crippen molar-refractivity contribution in [3.8, 4) is 5.75 Å². The van der Waals surface area contributed by atoms with Crippen LogP contribution in [0, 0.1) is 6.92 Å². The lowest BCUT2D eigenvalue weighted by atomic mass is 10.1. The molecule has 2 heterocycles. The van der Waals surface area contributed by atoms with Crippen molar-refractivity contribution in [2.24, 2.45) is 4.99 Å². The molecule has 0 aliphatic carbocycles. The normalized spacial score (nSPS) is 16.2. The Morgan fingerprint density at radius 1 is 1.16 bits per heavy atom. The maximum Gasteiger partial charge on any atom is 0.191 e. The van der Waals surface area contributed by atoms with E-state index in [2.05, 4.69) is 64.2 Å². The highest BCUT2D eigenvalue weighted by molar-refractivity contribution is 5.79. The number of benzene rings is 2. The van der Waals surface area contributed by atoms with Crippen LogP contribution in [0.2, 0.25) is 0 Å². The summed E-state index contributed by atoms with van der Waals surface area (Å²) in [6.45, 7) is 5.52. The van der Waals surface area contributed by atoms with Crippen LogP contribution in [0.15, 0.2) is 65.9 Å². The fourth-order valence-electron chi connectivity index (χ4n) is 3.64. The molecule has 1 saturated heterocycles. The Hall–Kier alpha value is -3.32. The van der Waals surface area contributed by atoms with Crippen LogP contribution in [0.5, 0.6) is 5.75 Å². The van der Waals surface area contributed by atoms with Crippen LogP contribution in [-0.4, -0.2) is 42.1 Å². The highest BCUT2D eigenvalue weighted by atomic mass is 16.5. The molecule has 1 aliphatic rings. The summed E-state index contributed by atoms with van der Waals surface area (Å²) in [6, 6.07) is 16.6. The third-order valence-electron chi connectivity index (χ3n) is 5.41. The van der Waals surface area contributed by atoms with Crippen molar-refractivity contribution >= 4 is 5.96 Å². The molecule has 0 saturated carbocycles. The number of aromatic nitrogens is 2. The van der Waals surface area contributed by atoms with Crippen LogP contribution in [0.25, 0.3) is 0 Å². The standard InChI is InChI=1S/C25H31N5O2/c1-19-8-9-22(24(12-19)32-23-10-11-31-18-23)15-28-25(26-2)27-13-21-14-29-30(17-21)16-20-6-4-3-5-7-20/h3-9,12,14,17,23H,10-11,13,15-16,18H2,1-2H3,(H2,26,27,28). The first-order valence-corrected chi connectivity index (χ1v) is 11.0. The van der Waals surface area contributed by atoms with Gasteiger partial charge in [0.1, 0.15) is 11.9 Å². The molecule has 2 N–H and O–H groups in total. The van der Waals surface area contributed by atoms with Gasteiger partial charge in [-0.1, -0.05) is 42.5 Å². The zero-order chi connectivity index (χ0) is 22.2. The Bertz CT molecular complexity index is 1030. The minimum atomic E-state index is 0.125. The zero-order valence-electron chi connectivity index (χ0n) is 18.8. The molecular formula is C25H31N5O2. The second kappa shape index (κ2) is 10.8. The van der Waals surface area contributed by atoms with Gasteiger partial charge in [0.25, 0.3) is 0 Å². The molecule has 3 aromatic rings. The maximum absolute atomic E-state index is 6.20. The minimum Gasteiger partial charge on any atom is -0.488 e. The Morgan fingerprint density at radius 2 is 2.00 bits per heavy atom. The summed E-state index contributed by atoms with van der Waals surface area (Å²) in [4.78, 5) is 4.35. The molecule has 1 unspecified atom stereocenters. The lowest BCUT2D eigenvalue weighted by molar-refractivity contribution is 0.140. The Morgan fingerprint density at radius 3 is 2.78 bits per heavy atom. The van der Waals surface area contributed by atoms with Crippen LogP contribution in [0.3, 0.4) is 0 Å². The molecule has 0 amide bonds. The molecule has 1 aromatic heterocycles. The molecule has 4 rings (SSSR count). The molecule has 1 fully saturated rings. The van der Waals surface area contributed by atoms with Crippen molar-refractivity contribution in [2.75, 3.05) is 20.3 Å². The van der Waals surface area contributed by atoms with E-state index in [9.17, 15) is 0 Å². The van der Waals surface area contributed by atoms with Crippen LogP contribution in [-0.2, 0) is 24.4 Å². The van der Waals surface area contributed by atoms with Gasteiger partial charge in [-0.3, -0.25) is 9.67 Å². The van der Waals surface area contributed by atoms with E-state index < -0.39 is 0 Å². The fourth-order valence-corrected chi connectivity index (χ4v) is 3.64. The van der Waals surface area contributed by atoms with Crippen molar-refractivity contribution in [3.63, 3.8) is 0 Å². The van der Waals surface area contributed by atoms with Crippen molar-refractivity contribution in [1.29, 1.82) is 0 Å². The van der Waals surface area contributed by atoms with Gasteiger partial charge in [0.2, 0.25) is 0 Å². The number of nitrogens with zero attached hydrogens (tertiary/aromatic N) is 3. The molecule has 2 aromatic carbocycles. The molecule has 0 spiro atoms. The number of rotatable bonds is 8. The first kappa shape index (κ1) is 21.9. The number of guanidine groups is 1. The summed E-state index contributed by atoms with van der Waals surface area (Å²) in [5, 5.41) is 11.2. The van der Waals surface area contributed by atoms with Crippen LogP contribution in [0.4, 0.5) is 0 Å². The lowest BCUT2D eigenvalue weighted by Gasteiger charge is -2.18. The first-order chi connectivity index (χ1) is 15.7. The van der Waals surface area contributed by atoms with Gasteiger partial charge in [-0.25, -0.2) is 0 Å². The maximum atomic E-state index is 6.20. The summed E-state index contributed by atoms with van der Waals surface area (Å²) in [5.74, 6) is 1.64. The van der Waals surface area contributed by atoms with E-state index in [-0.39, 0.29) is 6.10 Å². The molecule has 7 nitrogen and oxygen atoms in total. The van der Waals surface area contributed by atoms with E-state index in [0.29, 0.717) is 19.7 Å². The molecule has 0 bridgehead atoms. The molecule has 1 aliphatic heterocycles. The number of aryl methyl sites for hydroxylation is 1. The van der Waals surface area contributed by atoms with E-state index in [1.165, 1.54) is 11.1 Å². The summed E-state index contributed by atoms with van der Waals surface area (Å²) < 4.78 is 13.6. The Balaban J connectivity index is 1.30. The van der Waals surface area contributed by atoms with Crippen molar-refractivity contribution in [2.45, 2.75) is 39.1 Å². The topological polar surface area (TPSA) is 72.7 Å². The molecule has 1 atom stereocenters. The van der Waals surface area contributed by atoms with Gasteiger partial charge in [0.05, 0.1) is 26.0 Å². The van der Waals surface area contributed by atoms with Gasteiger partial charge in [0.15, 0.2) is 5.96 Å². The SMILES string of the molecule is CN=C(NCc1cnn(Cc2ccccc2)c1)NCc1ccc(C)cc1OC1CCOC1. The molecule has 32 heavy (non-hydrogen) atoms. The van der Waals surface area contributed by atoms with Gasteiger partial charge >= 0.3 is 0 Å². The second-order valence-corrected chi connectivity index (χ2v) is 8.03. The molecule has 168 valence electrons. The summed E-state index contributed by atoms with van der Waals surface area (Å²) in [6.07, 6.45) is 5.00. The summed E-state index contributed by atoms with van der Waals surface area (Å²) in [7, 11) is 1.77. The van der Waals surface area contributed by atoms with Crippen LogP contribution < -0.4 is 15.4 Å². The smallest absolute Gasteiger partial charge is 0.191 e. The number of hydrogen-bond acceptors (Lipinski definition) is 4. The van der Waals surface area contributed by atoms with Crippen molar-refractivity contribution in [3.05, 3.63) is 83.2 Å². The third kappa shape index (κ3) is 6.11. The highest BCUT2D eigenvalue weighted by Gasteiger charge is 2.18. The molecular weight excluding hydrogens is 402 g/mol. The van der Waals surface area contributed by atoms with Gasteiger partial charge in [-0.15, -0.1) is 0 Å². The number of nitrogens with one attached hydrogen (secondary N) is 2. The predicted molar refractivity (Wildman–Crippen MR) is 126 cm³/mol. The average Bonchev–Trinajstić information content (AvgIpc) is 3.48. The second-order valence-electron chi connectivity index (χ2n) is 8.03. The molecule has 7 heteroatoms. The van der Waals surface area contributed by atoms with E-state index in [4.69, 9.17) is 9.47 Å². The van der Waals surface area contributed by atoms with Gasteiger partial charge in [-0.2, -0.15) is 5.10 Å².